The summed E-state index contributed by atoms with van der Waals surface area (Å²) in [6, 6.07) is 12.1. The lowest BCUT2D eigenvalue weighted by Crippen LogP contribution is -2.28. The molecule has 1 amide bonds. The van der Waals surface area contributed by atoms with Gasteiger partial charge in [-0.05, 0) is 38.5 Å². The molecule has 0 aliphatic heterocycles. The summed E-state index contributed by atoms with van der Waals surface area (Å²) in [6.45, 7) is 5.39. The van der Waals surface area contributed by atoms with E-state index in [9.17, 15) is 4.79 Å². The summed E-state index contributed by atoms with van der Waals surface area (Å²) in [6.07, 6.45) is 0.843. The van der Waals surface area contributed by atoms with Crippen molar-refractivity contribution in [2.75, 3.05) is 27.3 Å². The molecule has 0 atom stereocenters. The highest BCUT2D eigenvalue weighted by atomic mass is 16.5. The van der Waals surface area contributed by atoms with Crippen LogP contribution >= 0.6 is 0 Å². The average molecular weight is 300 g/mol. The summed E-state index contributed by atoms with van der Waals surface area (Å²) in [4.78, 5) is 14.4. The van der Waals surface area contributed by atoms with Crippen LogP contribution in [0.4, 0.5) is 0 Å². The molecule has 118 valence electrons. The van der Waals surface area contributed by atoms with E-state index in [1.807, 2.05) is 45.2 Å². The maximum atomic E-state index is 12.6. The molecule has 0 aliphatic rings. The Bertz CT molecular complexity index is 632. The van der Waals surface area contributed by atoms with Crippen molar-refractivity contribution in [1.82, 2.24) is 9.47 Å². The van der Waals surface area contributed by atoms with Gasteiger partial charge in [-0.1, -0.05) is 18.2 Å². The van der Waals surface area contributed by atoms with Crippen LogP contribution in [-0.2, 0) is 4.74 Å². The van der Waals surface area contributed by atoms with E-state index in [4.69, 9.17) is 4.74 Å². The van der Waals surface area contributed by atoms with Crippen LogP contribution in [0.2, 0.25) is 0 Å². The molecule has 0 N–H and O–H groups in total. The predicted octanol–water partition coefficient (Wildman–Crippen LogP) is 3.20. The summed E-state index contributed by atoms with van der Waals surface area (Å²) in [5.41, 5.74) is 3.89. The van der Waals surface area contributed by atoms with Crippen molar-refractivity contribution in [2.24, 2.45) is 0 Å². The van der Waals surface area contributed by atoms with E-state index < -0.39 is 0 Å². The molecule has 1 heterocycles. The summed E-state index contributed by atoms with van der Waals surface area (Å²) in [7, 11) is 3.52. The SMILES string of the molecule is COCCCN(C)C(=O)c1cc(C)n(-c2ccccc2)c1C. The van der Waals surface area contributed by atoms with Crippen LogP contribution in [0.5, 0.6) is 0 Å². The van der Waals surface area contributed by atoms with Gasteiger partial charge >= 0.3 is 0 Å². The molecule has 0 bridgehead atoms. The van der Waals surface area contributed by atoms with E-state index in [0.717, 1.165) is 29.1 Å². The van der Waals surface area contributed by atoms with Gasteiger partial charge in [-0.25, -0.2) is 0 Å². The van der Waals surface area contributed by atoms with Crippen molar-refractivity contribution in [3.63, 3.8) is 0 Å². The van der Waals surface area contributed by atoms with Gasteiger partial charge in [0.2, 0.25) is 0 Å². The number of nitrogens with zero attached hydrogens (tertiary/aromatic N) is 2. The number of carbonyl (C=O) groups excluding carboxylic acids is 1. The number of rotatable bonds is 6. The maximum absolute atomic E-state index is 12.6. The molecule has 0 saturated heterocycles. The highest BCUT2D eigenvalue weighted by molar-refractivity contribution is 5.95. The molecule has 2 rings (SSSR count). The van der Waals surface area contributed by atoms with Crippen molar-refractivity contribution < 1.29 is 9.53 Å². The minimum Gasteiger partial charge on any atom is -0.385 e. The van der Waals surface area contributed by atoms with Crippen molar-refractivity contribution in [3.8, 4) is 5.69 Å². The second-order valence-electron chi connectivity index (χ2n) is 5.53. The zero-order valence-electron chi connectivity index (χ0n) is 13.8. The number of hydrogen-bond donors (Lipinski definition) is 0. The molecule has 1 aromatic heterocycles. The Morgan fingerprint density at radius 3 is 2.55 bits per heavy atom. The van der Waals surface area contributed by atoms with Crippen LogP contribution in [0.1, 0.15) is 28.2 Å². The molecule has 1 aromatic carbocycles. The summed E-state index contributed by atoms with van der Waals surface area (Å²) in [5, 5.41) is 0. The van der Waals surface area contributed by atoms with Gasteiger partial charge < -0.3 is 14.2 Å². The molecule has 0 spiro atoms. The fraction of sp³-hybridized carbons (Fsp3) is 0.389. The van der Waals surface area contributed by atoms with E-state index in [2.05, 4.69) is 16.7 Å². The standard InChI is InChI=1S/C18H24N2O2/c1-14-13-17(18(21)19(3)11-8-12-22-4)15(2)20(14)16-9-6-5-7-10-16/h5-7,9-10,13H,8,11-12H2,1-4H3. The molecular weight excluding hydrogens is 276 g/mol. The van der Waals surface area contributed by atoms with Crippen LogP contribution in [0.25, 0.3) is 5.69 Å². The largest absolute Gasteiger partial charge is 0.385 e. The molecular formula is C18H24N2O2. The number of carbonyl (C=O) groups is 1. The van der Waals surface area contributed by atoms with Crippen LogP contribution in [0.15, 0.2) is 36.4 Å². The molecule has 4 nitrogen and oxygen atoms in total. The first-order valence-corrected chi connectivity index (χ1v) is 7.55. The second-order valence-corrected chi connectivity index (χ2v) is 5.53. The number of methoxy groups -OCH3 is 1. The van der Waals surface area contributed by atoms with E-state index >= 15 is 0 Å². The smallest absolute Gasteiger partial charge is 0.255 e. The normalized spacial score (nSPS) is 10.7. The minimum atomic E-state index is 0.0615. The Labute approximate surface area is 132 Å². The topological polar surface area (TPSA) is 34.5 Å². The van der Waals surface area contributed by atoms with Gasteiger partial charge in [0.25, 0.3) is 5.91 Å². The third-order valence-electron chi connectivity index (χ3n) is 3.86. The van der Waals surface area contributed by atoms with E-state index in [1.165, 1.54) is 0 Å². The lowest BCUT2D eigenvalue weighted by atomic mass is 10.2. The Kier molecular flexibility index (Phi) is 5.39. The lowest BCUT2D eigenvalue weighted by molar-refractivity contribution is 0.0778. The first-order valence-electron chi connectivity index (χ1n) is 7.55. The van der Waals surface area contributed by atoms with Gasteiger partial charge in [0.1, 0.15) is 0 Å². The molecule has 0 saturated carbocycles. The van der Waals surface area contributed by atoms with Gasteiger partial charge in [0.15, 0.2) is 0 Å². The fourth-order valence-electron chi connectivity index (χ4n) is 2.71. The zero-order chi connectivity index (χ0) is 16.1. The Hall–Kier alpha value is -2.07. The van der Waals surface area contributed by atoms with Crippen LogP contribution in [0, 0.1) is 13.8 Å². The number of aryl methyl sites for hydroxylation is 1. The first-order chi connectivity index (χ1) is 10.6. The van der Waals surface area contributed by atoms with Gasteiger partial charge in [-0.15, -0.1) is 0 Å². The summed E-state index contributed by atoms with van der Waals surface area (Å²) >= 11 is 0. The van der Waals surface area contributed by atoms with Gasteiger partial charge in [0, 0.05) is 44.4 Å². The van der Waals surface area contributed by atoms with Crippen molar-refractivity contribution in [2.45, 2.75) is 20.3 Å². The Morgan fingerprint density at radius 2 is 1.91 bits per heavy atom. The minimum absolute atomic E-state index is 0.0615. The number of hydrogen-bond acceptors (Lipinski definition) is 2. The van der Waals surface area contributed by atoms with E-state index in [1.54, 1.807) is 12.0 Å². The molecule has 0 aliphatic carbocycles. The Morgan fingerprint density at radius 1 is 1.23 bits per heavy atom. The maximum Gasteiger partial charge on any atom is 0.255 e. The summed E-state index contributed by atoms with van der Waals surface area (Å²) < 4.78 is 7.16. The van der Waals surface area contributed by atoms with Crippen LogP contribution in [0.3, 0.4) is 0 Å². The fourth-order valence-corrected chi connectivity index (χ4v) is 2.71. The molecule has 0 radical (unpaired) electrons. The van der Waals surface area contributed by atoms with Crippen molar-refractivity contribution in [3.05, 3.63) is 53.3 Å². The van der Waals surface area contributed by atoms with Crippen molar-refractivity contribution in [1.29, 1.82) is 0 Å². The average Bonchev–Trinajstić information content (AvgIpc) is 2.82. The van der Waals surface area contributed by atoms with Gasteiger partial charge in [-0.2, -0.15) is 0 Å². The second kappa shape index (κ2) is 7.27. The lowest BCUT2D eigenvalue weighted by Gasteiger charge is -2.17. The van der Waals surface area contributed by atoms with E-state index in [0.29, 0.717) is 13.2 Å². The molecule has 22 heavy (non-hydrogen) atoms. The van der Waals surface area contributed by atoms with Gasteiger partial charge in [0.05, 0.1) is 5.56 Å². The molecule has 2 aromatic rings. The van der Waals surface area contributed by atoms with Crippen LogP contribution in [-0.4, -0.2) is 42.7 Å². The highest BCUT2D eigenvalue weighted by Crippen LogP contribution is 2.21. The third kappa shape index (κ3) is 3.39. The monoisotopic (exact) mass is 300 g/mol. The molecule has 4 heteroatoms. The number of ether oxygens (including phenoxy) is 1. The number of benzene rings is 1. The Balaban J connectivity index is 2.25. The van der Waals surface area contributed by atoms with Gasteiger partial charge in [-0.3, -0.25) is 4.79 Å². The van der Waals surface area contributed by atoms with Crippen LogP contribution < -0.4 is 0 Å². The zero-order valence-corrected chi connectivity index (χ0v) is 13.8. The highest BCUT2D eigenvalue weighted by Gasteiger charge is 2.19. The predicted molar refractivity (Wildman–Crippen MR) is 88.7 cm³/mol. The molecule has 0 fully saturated rings. The molecule has 0 unspecified atom stereocenters. The quantitative estimate of drug-likeness (QED) is 0.768. The number of aromatic nitrogens is 1. The number of para-hydroxylation sites is 1. The summed E-state index contributed by atoms with van der Waals surface area (Å²) in [5.74, 6) is 0.0615. The first kappa shape index (κ1) is 16.3. The number of amides is 1. The van der Waals surface area contributed by atoms with E-state index in [-0.39, 0.29) is 5.91 Å². The van der Waals surface area contributed by atoms with Crippen molar-refractivity contribution >= 4 is 5.91 Å². The third-order valence-corrected chi connectivity index (χ3v) is 3.86.